The van der Waals surface area contributed by atoms with Gasteiger partial charge in [-0.2, -0.15) is 0 Å². The maximum absolute atomic E-state index is 13.5. The van der Waals surface area contributed by atoms with Crippen molar-refractivity contribution in [3.63, 3.8) is 0 Å². The van der Waals surface area contributed by atoms with Crippen LogP contribution in [0.15, 0.2) is 54.6 Å². The van der Waals surface area contributed by atoms with Gasteiger partial charge in [0, 0.05) is 10.4 Å². The normalized spacial score (nSPS) is 15.5. The number of fused-ring (bicyclic) bond motifs is 1. The van der Waals surface area contributed by atoms with Crippen molar-refractivity contribution in [2.75, 3.05) is 17.7 Å². The average Bonchev–Trinajstić information content (AvgIpc) is 3.16. The van der Waals surface area contributed by atoms with Crippen LogP contribution in [0.4, 0.5) is 10.7 Å². The van der Waals surface area contributed by atoms with Crippen LogP contribution in [0, 0.1) is 11.3 Å². The van der Waals surface area contributed by atoms with E-state index in [0.29, 0.717) is 33.5 Å². The van der Waals surface area contributed by atoms with Gasteiger partial charge in [0.15, 0.2) is 0 Å². The molecule has 0 spiro atoms. The molecule has 1 atom stereocenters. The van der Waals surface area contributed by atoms with Gasteiger partial charge in [-0.15, -0.1) is 11.3 Å². The summed E-state index contributed by atoms with van der Waals surface area (Å²) in [7, 11) is 1.58. The minimum absolute atomic E-state index is 0.189. The van der Waals surface area contributed by atoms with Crippen LogP contribution in [0.25, 0.3) is 0 Å². The second-order valence-electron chi connectivity index (χ2n) is 9.49. The van der Waals surface area contributed by atoms with Crippen molar-refractivity contribution in [2.24, 2.45) is 11.3 Å². The third-order valence-corrected chi connectivity index (χ3v) is 7.51. The molecule has 0 fully saturated rings. The quantitative estimate of drug-likeness (QED) is 0.460. The van der Waals surface area contributed by atoms with Crippen molar-refractivity contribution in [1.82, 2.24) is 0 Å². The van der Waals surface area contributed by atoms with Gasteiger partial charge in [-0.25, -0.2) is 0 Å². The molecule has 0 radical (unpaired) electrons. The SMILES string of the molecule is COc1ccccc1NC(=O)c1c(NC(=O)c2ccccc2)sc2c1CC[C@@H](C(C)(C)C)C2. The number of methoxy groups -OCH3 is 1. The zero-order chi connectivity index (χ0) is 23.6. The fourth-order valence-corrected chi connectivity index (χ4v) is 5.67. The van der Waals surface area contributed by atoms with Gasteiger partial charge in [0.05, 0.1) is 18.4 Å². The lowest BCUT2D eigenvalue weighted by atomic mass is 9.72. The second kappa shape index (κ2) is 9.40. The Morgan fingerprint density at radius 2 is 1.67 bits per heavy atom. The van der Waals surface area contributed by atoms with Crippen molar-refractivity contribution in [1.29, 1.82) is 0 Å². The van der Waals surface area contributed by atoms with Crippen LogP contribution in [-0.4, -0.2) is 18.9 Å². The van der Waals surface area contributed by atoms with Crippen LogP contribution in [0.3, 0.4) is 0 Å². The van der Waals surface area contributed by atoms with Crippen molar-refractivity contribution < 1.29 is 14.3 Å². The molecule has 0 aliphatic heterocycles. The highest BCUT2D eigenvalue weighted by atomic mass is 32.1. The van der Waals surface area contributed by atoms with E-state index in [-0.39, 0.29) is 17.2 Å². The lowest BCUT2D eigenvalue weighted by Gasteiger charge is -2.33. The Kier molecular flexibility index (Phi) is 6.56. The molecule has 3 aromatic rings. The Balaban J connectivity index is 1.70. The fraction of sp³-hybridized carbons (Fsp3) is 0.333. The van der Waals surface area contributed by atoms with Gasteiger partial charge in [0.25, 0.3) is 11.8 Å². The van der Waals surface area contributed by atoms with Crippen LogP contribution in [-0.2, 0) is 12.8 Å². The van der Waals surface area contributed by atoms with E-state index in [2.05, 4.69) is 31.4 Å². The smallest absolute Gasteiger partial charge is 0.259 e. The van der Waals surface area contributed by atoms with E-state index in [4.69, 9.17) is 4.74 Å². The van der Waals surface area contributed by atoms with Crippen LogP contribution >= 0.6 is 11.3 Å². The number of carbonyl (C=O) groups excluding carboxylic acids is 2. The van der Waals surface area contributed by atoms with E-state index in [9.17, 15) is 9.59 Å². The summed E-state index contributed by atoms with van der Waals surface area (Å²) in [6.45, 7) is 6.80. The molecule has 0 saturated heterocycles. The summed E-state index contributed by atoms with van der Waals surface area (Å²) in [6, 6.07) is 16.4. The molecule has 1 heterocycles. The Labute approximate surface area is 199 Å². The lowest BCUT2D eigenvalue weighted by molar-refractivity contribution is 0.102. The van der Waals surface area contributed by atoms with Crippen molar-refractivity contribution in [3.8, 4) is 5.75 Å². The van der Waals surface area contributed by atoms with E-state index in [1.807, 2.05) is 42.5 Å². The minimum Gasteiger partial charge on any atom is -0.495 e. The molecule has 2 amide bonds. The monoisotopic (exact) mass is 462 g/mol. The molecule has 0 saturated carbocycles. The summed E-state index contributed by atoms with van der Waals surface area (Å²) in [5.41, 5.74) is 2.98. The topological polar surface area (TPSA) is 67.4 Å². The first-order valence-electron chi connectivity index (χ1n) is 11.2. The van der Waals surface area contributed by atoms with Gasteiger partial charge in [-0.1, -0.05) is 51.1 Å². The maximum atomic E-state index is 13.5. The van der Waals surface area contributed by atoms with Gasteiger partial charge in [-0.05, 0) is 60.4 Å². The van der Waals surface area contributed by atoms with Crippen molar-refractivity contribution in [3.05, 3.63) is 76.2 Å². The molecule has 5 nitrogen and oxygen atoms in total. The number of nitrogens with one attached hydrogen (secondary N) is 2. The first-order chi connectivity index (χ1) is 15.8. The molecule has 0 bridgehead atoms. The summed E-state index contributed by atoms with van der Waals surface area (Å²) in [4.78, 5) is 27.6. The number of para-hydroxylation sites is 2. The standard InChI is InChI=1S/C27H30N2O3S/c1-27(2,3)18-14-15-19-22(16-18)33-26(29-24(30)17-10-6-5-7-11-17)23(19)25(31)28-20-12-8-9-13-21(20)32-4/h5-13,18H,14-16H2,1-4H3,(H,28,31)(H,29,30)/t18-/m1/s1. The first-order valence-corrected chi connectivity index (χ1v) is 12.0. The number of amides is 2. The number of hydrogen-bond donors (Lipinski definition) is 2. The highest BCUT2D eigenvalue weighted by Gasteiger charge is 2.34. The Bertz CT molecular complexity index is 1160. The predicted octanol–water partition coefficient (Wildman–Crippen LogP) is 6.41. The van der Waals surface area contributed by atoms with Crippen molar-refractivity contribution >= 4 is 33.8 Å². The van der Waals surface area contributed by atoms with E-state index in [0.717, 1.165) is 24.8 Å². The Hall–Kier alpha value is -3.12. The zero-order valence-electron chi connectivity index (χ0n) is 19.5. The van der Waals surface area contributed by atoms with Crippen LogP contribution in [0.5, 0.6) is 5.75 Å². The third kappa shape index (κ3) is 4.96. The van der Waals surface area contributed by atoms with Crippen LogP contribution in [0.2, 0.25) is 0 Å². The molecule has 33 heavy (non-hydrogen) atoms. The molecule has 4 rings (SSSR count). The third-order valence-electron chi connectivity index (χ3n) is 6.34. The number of thiophene rings is 1. The fourth-order valence-electron chi connectivity index (χ4n) is 4.35. The molecule has 0 unspecified atom stereocenters. The highest BCUT2D eigenvalue weighted by molar-refractivity contribution is 7.17. The number of rotatable bonds is 5. The summed E-state index contributed by atoms with van der Waals surface area (Å²) < 4.78 is 5.40. The van der Waals surface area contributed by atoms with Crippen molar-refractivity contribution in [2.45, 2.75) is 40.0 Å². The summed E-state index contributed by atoms with van der Waals surface area (Å²) >= 11 is 1.53. The number of carbonyl (C=O) groups is 2. The largest absolute Gasteiger partial charge is 0.495 e. The lowest BCUT2D eigenvalue weighted by Crippen LogP contribution is -2.27. The Morgan fingerprint density at radius 3 is 2.36 bits per heavy atom. The number of anilines is 2. The average molecular weight is 463 g/mol. The summed E-state index contributed by atoms with van der Waals surface area (Å²) in [6.07, 6.45) is 2.76. The Morgan fingerprint density at radius 1 is 0.970 bits per heavy atom. The number of hydrogen-bond acceptors (Lipinski definition) is 4. The zero-order valence-corrected chi connectivity index (χ0v) is 20.3. The van der Waals surface area contributed by atoms with E-state index >= 15 is 0 Å². The van der Waals surface area contributed by atoms with Crippen LogP contribution < -0.4 is 15.4 Å². The van der Waals surface area contributed by atoms with Gasteiger partial charge in [0.2, 0.25) is 0 Å². The molecule has 2 N–H and O–H groups in total. The molecule has 6 heteroatoms. The molecule has 1 aliphatic carbocycles. The van der Waals surface area contributed by atoms with Gasteiger partial charge in [-0.3, -0.25) is 9.59 Å². The molecular weight excluding hydrogens is 432 g/mol. The number of ether oxygens (including phenoxy) is 1. The van der Waals surface area contributed by atoms with E-state index in [1.165, 1.54) is 16.2 Å². The minimum atomic E-state index is -0.227. The van der Waals surface area contributed by atoms with Gasteiger partial charge < -0.3 is 15.4 Å². The van der Waals surface area contributed by atoms with Crippen LogP contribution in [0.1, 0.15) is 58.3 Å². The van der Waals surface area contributed by atoms with E-state index in [1.54, 1.807) is 19.2 Å². The number of benzene rings is 2. The predicted molar refractivity (Wildman–Crippen MR) is 135 cm³/mol. The molecule has 2 aromatic carbocycles. The van der Waals surface area contributed by atoms with Gasteiger partial charge in [0.1, 0.15) is 10.8 Å². The highest BCUT2D eigenvalue weighted by Crippen LogP contribution is 2.44. The van der Waals surface area contributed by atoms with E-state index < -0.39 is 0 Å². The maximum Gasteiger partial charge on any atom is 0.259 e. The molecule has 1 aromatic heterocycles. The molecule has 172 valence electrons. The molecule has 1 aliphatic rings. The molecular formula is C27H30N2O3S. The first kappa shape index (κ1) is 23.1. The summed E-state index contributed by atoms with van der Waals surface area (Å²) in [5, 5.41) is 6.63. The summed E-state index contributed by atoms with van der Waals surface area (Å²) in [5.74, 6) is 0.687. The van der Waals surface area contributed by atoms with Gasteiger partial charge >= 0.3 is 0 Å². The second-order valence-corrected chi connectivity index (χ2v) is 10.6.